The van der Waals surface area contributed by atoms with E-state index in [1.54, 1.807) is 49.4 Å². The number of fused-ring (bicyclic) bond motifs is 1. The van der Waals surface area contributed by atoms with Crippen LogP contribution in [0, 0.1) is 0 Å². The number of benzene rings is 2. The minimum atomic E-state index is -1.34. The van der Waals surface area contributed by atoms with Gasteiger partial charge in [-0.25, -0.2) is 4.79 Å². The number of ether oxygens (including phenoxy) is 2. The molecule has 1 saturated heterocycles. The number of nitrogens with zero attached hydrogens (tertiary/aromatic N) is 1. The Bertz CT molecular complexity index is 1100. The maximum Gasteiger partial charge on any atom is 0.325 e. The largest absolute Gasteiger partial charge is 0.486 e. The van der Waals surface area contributed by atoms with Gasteiger partial charge in [0.05, 0.1) is 0 Å². The van der Waals surface area contributed by atoms with E-state index in [9.17, 15) is 19.2 Å². The second kappa shape index (κ2) is 8.22. The normalized spacial score (nSPS) is 19.4. The second-order valence-corrected chi connectivity index (χ2v) is 7.51. The zero-order valence-corrected chi connectivity index (χ0v) is 17.6. The minimum Gasteiger partial charge on any atom is -0.486 e. The summed E-state index contributed by atoms with van der Waals surface area (Å²) in [5, 5.41) is 7.79. The third kappa shape index (κ3) is 3.82. The van der Waals surface area contributed by atoms with Crippen molar-refractivity contribution in [1.82, 2.24) is 15.5 Å². The number of anilines is 1. The lowest BCUT2D eigenvalue weighted by atomic mass is 9.91. The zero-order chi connectivity index (χ0) is 22.9. The molecule has 0 spiro atoms. The molecule has 3 N–H and O–H groups in total. The molecule has 2 aliphatic rings. The van der Waals surface area contributed by atoms with Gasteiger partial charge in [0.1, 0.15) is 25.3 Å². The average molecular weight is 438 g/mol. The van der Waals surface area contributed by atoms with Crippen LogP contribution in [-0.2, 0) is 15.1 Å². The highest BCUT2D eigenvalue weighted by molar-refractivity contribution is 6.10. The lowest BCUT2D eigenvalue weighted by Gasteiger charge is -2.25. The molecule has 2 heterocycles. The number of carbonyl (C=O) groups excluding carboxylic acids is 4. The molecule has 5 amide bonds. The standard InChI is InChI=1S/C22H22N4O6/c1-22(14-5-8-16-17(11-14)32-10-9-31-16)20(29)26(21(30)25-22)12-18(27)24-15-6-3-13(4-7-15)19(28)23-2/h3-8,11H,9-10,12H2,1-2H3,(H,23,28)(H,24,27)(H,25,30). The number of rotatable bonds is 5. The van der Waals surface area contributed by atoms with E-state index in [2.05, 4.69) is 16.0 Å². The quantitative estimate of drug-likeness (QED) is 0.603. The van der Waals surface area contributed by atoms with Gasteiger partial charge in [-0.2, -0.15) is 0 Å². The van der Waals surface area contributed by atoms with Crippen LogP contribution in [0.1, 0.15) is 22.8 Å². The predicted octanol–water partition coefficient (Wildman–Crippen LogP) is 1.22. The molecule has 0 aliphatic carbocycles. The summed E-state index contributed by atoms with van der Waals surface area (Å²) in [4.78, 5) is 50.6. The number of hydrogen-bond donors (Lipinski definition) is 3. The van der Waals surface area contributed by atoms with Crippen LogP contribution >= 0.6 is 0 Å². The fraction of sp³-hybridized carbons (Fsp3) is 0.273. The fourth-order valence-electron chi connectivity index (χ4n) is 3.58. The Kier molecular flexibility index (Phi) is 5.43. The van der Waals surface area contributed by atoms with Crippen molar-refractivity contribution in [2.45, 2.75) is 12.5 Å². The summed E-state index contributed by atoms with van der Waals surface area (Å²) >= 11 is 0. The zero-order valence-electron chi connectivity index (χ0n) is 17.6. The first-order valence-electron chi connectivity index (χ1n) is 9.98. The first-order valence-corrected chi connectivity index (χ1v) is 9.98. The number of urea groups is 1. The number of carbonyl (C=O) groups is 4. The van der Waals surface area contributed by atoms with E-state index in [1.165, 1.54) is 7.05 Å². The van der Waals surface area contributed by atoms with E-state index < -0.39 is 29.9 Å². The van der Waals surface area contributed by atoms with Crippen LogP contribution in [-0.4, -0.2) is 55.5 Å². The van der Waals surface area contributed by atoms with Crippen molar-refractivity contribution in [1.29, 1.82) is 0 Å². The van der Waals surface area contributed by atoms with Gasteiger partial charge in [-0.15, -0.1) is 0 Å². The van der Waals surface area contributed by atoms with Crippen molar-refractivity contribution >= 4 is 29.4 Å². The topological polar surface area (TPSA) is 126 Å². The van der Waals surface area contributed by atoms with Gasteiger partial charge in [0.25, 0.3) is 11.8 Å². The molecule has 4 rings (SSSR count). The van der Waals surface area contributed by atoms with Crippen molar-refractivity contribution in [2.75, 3.05) is 32.1 Å². The number of imide groups is 1. The molecule has 0 bridgehead atoms. The van der Waals surface area contributed by atoms with Gasteiger partial charge in [-0.3, -0.25) is 19.3 Å². The molecule has 2 aromatic carbocycles. The molecule has 10 nitrogen and oxygen atoms in total. The maximum absolute atomic E-state index is 13.1. The third-order valence-electron chi connectivity index (χ3n) is 5.35. The van der Waals surface area contributed by atoms with Crippen molar-refractivity contribution < 1.29 is 28.7 Å². The molecule has 1 fully saturated rings. The first-order chi connectivity index (χ1) is 15.3. The second-order valence-electron chi connectivity index (χ2n) is 7.51. The van der Waals surface area contributed by atoms with Crippen LogP contribution in [0.3, 0.4) is 0 Å². The summed E-state index contributed by atoms with van der Waals surface area (Å²) < 4.78 is 11.1. The summed E-state index contributed by atoms with van der Waals surface area (Å²) in [6.45, 7) is 1.95. The third-order valence-corrected chi connectivity index (χ3v) is 5.35. The van der Waals surface area contributed by atoms with E-state index in [0.29, 0.717) is 41.5 Å². The van der Waals surface area contributed by atoms with Crippen LogP contribution in [0.15, 0.2) is 42.5 Å². The highest BCUT2D eigenvalue weighted by atomic mass is 16.6. The lowest BCUT2D eigenvalue weighted by molar-refractivity contribution is -0.133. The Hall–Kier alpha value is -4.08. The van der Waals surface area contributed by atoms with E-state index in [1.807, 2.05) is 0 Å². The molecule has 0 radical (unpaired) electrons. The lowest BCUT2D eigenvalue weighted by Crippen LogP contribution is -2.42. The molecule has 0 aromatic heterocycles. The summed E-state index contributed by atoms with van der Waals surface area (Å²) in [7, 11) is 1.52. The first kappa shape index (κ1) is 21.2. The Labute approximate surface area is 183 Å². The van der Waals surface area contributed by atoms with Gasteiger partial charge in [0, 0.05) is 18.3 Å². The Balaban J connectivity index is 1.46. The summed E-state index contributed by atoms with van der Waals surface area (Å²) in [6, 6.07) is 10.6. The van der Waals surface area contributed by atoms with Gasteiger partial charge < -0.3 is 25.4 Å². The molecule has 166 valence electrons. The molecule has 32 heavy (non-hydrogen) atoms. The van der Waals surface area contributed by atoms with Crippen molar-refractivity contribution in [3.63, 3.8) is 0 Å². The van der Waals surface area contributed by atoms with Gasteiger partial charge in [0.2, 0.25) is 5.91 Å². The van der Waals surface area contributed by atoms with Crippen LogP contribution in [0.2, 0.25) is 0 Å². The summed E-state index contributed by atoms with van der Waals surface area (Å²) in [6.07, 6.45) is 0. The molecular formula is C22H22N4O6. The molecule has 2 aromatic rings. The highest BCUT2D eigenvalue weighted by Crippen LogP contribution is 2.36. The van der Waals surface area contributed by atoms with Crippen molar-refractivity contribution in [3.8, 4) is 11.5 Å². The smallest absolute Gasteiger partial charge is 0.325 e. The van der Waals surface area contributed by atoms with Crippen LogP contribution in [0.4, 0.5) is 10.5 Å². The molecule has 1 atom stereocenters. The van der Waals surface area contributed by atoms with Gasteiger partial charge in [-0.05, 0) is 48.9 Å². The summed E-state index contributed by atoms with van der Waals surface area (Å²) in [5.41, 5.74) is 0.0504. The maximum atomic E-state index is 13.1. The van der Waals surface area contributed by atoms with Gasteiger partial charge in [-0.1, -0.05) is 6.07 Å². The summed E-state index contributed by atoms with van der Waals surface area (Å²) in [5.74, 6) is -0.287. The minimum absolute atomic E-state index is 0.249. The van der Waals surface area contributed by atoms with Crippen LogP contribution in [0.5, 0.6) is 11.5 Å². The van der Waals surface area contributed by atoms with E-state index in [0.717, 1.165) is 4.90 Å². The molecule has 1 unspecified atom stereocenters. The molecular weight excluding hydrogens is 416 g/mol. The average Bonchev–Trinajstić information content (AvgIpc) is 3.02. The number of nitrogens with one attached hydrogen (secondary N) is 3. The van der Waals surface area contributed by atoms with E-state index in [-0.39, 0.29) is 5.91 Å². The van der Waals surface area contributed by atoms with E-state index in [4.69, 9.17) is 9.47 Å². The fourth-order valence-corrected chi connectivity index (χ4v) is 3.58. The number of amides is 5. The predicted molar refractivity (Wildman–Crippen MR) is 113 cm³/mol. The monoisotopic (exact) mass is 438 g/mol. The SMILES string of the molecule is CNC(=O)c1ccc(NC(=O)CN2C(=O)NC(C)(c3ccc4c(c3)OCCO4)C2=O)cc1. The van der Waals surface area contributed by atoms with Crippen LogP contribution < -0.4 is 25.4 Å². The van der Waals surface area contributed by atoms with Gasteiger partial charge in [0.15, 0.2) is 11.5 Å². The van der Waals surface area contributed by atoms with E-state index >= 15 is 0 Å². The Morgan fingerprint density at radius 2 is 1.75 bits per heavy atom. The number of hydrogen-bond acceptors (Lipinski definition) is 6. The molecule has 0 saturated carbocycles. The van der Waals surface area contributed by atoms with Gasteiger partial charge >= 0.3 is 6.03 Å². The molecule has 2 aliphatic heterocycles. The Morgan fingerprint density at radius 3 is 2.44 bits per heavy atom. The van der Waals surface area contributed by atoms with Crippen LogP contribution in [0.25, 0.3) is 0 Å². The highest BCUT2D eigenvalue weighted by Gasteiger charge is 2.49. The Morgan fingerprint density at radius 1 is 1.06 bits per heavy atom. The molecule has 10 heteroatoms. The van der Waals surface area contributed by atoms with Crippen molar-refractivity contribution in [3.05, 3.63) is 53.6 Å². The van der Waals surface area contributed by atoms with Crippen molar-refractivity contribution in [2.24, 2.45) is 0 Å².